The molecule has 2 aliphatic heterocycles. The maximum atomic E-state index is 12.5. The minimum atomic E-state index is -1.10. The molecule has 0 bridgehead atoms. The van der Waals surface area contributed by atoms with Crippen LogP contribution in [0.1, 0.15) is 34.6 Å². The number of hydrogen-bond donors (Lipinski definition) is 2. The molecule has 0 saturated heterocycles. The van der Waals surface area contributed by atoms with Crippen LogP contribution in [-0.4, -0.2) is 57.5 Å². The van der Waals surface area contributed by atoms with E-state index in [4.69, 9.17) is 10.2 Å². The molecule has 0 saturated carbocycles. The predicted octanol–water partition coefficient (Wildman–Crippen LogP) is 3.52. The molecule has 6 rings (SSSR count). The molecular weight excluding hydrogens is 691 g/mol. The van der Waals surface area contributed by atoms with Gasteiger partial charge in [0.1, 0.15) is 0 Å². The molecule has 246 valence electrons. The average Bonchev–Trinajstić information content (AvgIpc) is 3.55. The molecule has 0 radical (unpaired) electrons. The van der Waals surface area contributed by atoms with Crippen LogP contribution in [0.3, 0.4) is 0 Å². The number of benzene rings is 4. The summed E-state index contributed by atoms with van der Waals surface area (Å²) >= 11 is 0. The minimum absolute atomic E-state index is 0. The number of amides is 2. The van der Waals surface area contributed by atoms with Crippen LogP contribution in [0.15, 0.2) is 140 Å². The van der Waals surface area contributed by atoms with Crippen molar-refractivity contribution in [2.75, 3.05) is 10.0 Å². The molecule has 4 aromatic rings. The van der Waals surface area contributed by atoms with Gasteiger partial charge in [0, 0.05) is 17.4 Å². The Morgan fingerprint density at radius 3 is 1.24 bits per heavy atom. The van der Waals surface area contributed by atoms with E-state index in [0.29, 0.717) is 22.8 Å². The quantitative estimate of drug-likeness (QED) is 0.207. The van der Waals surface area contributed by atoms with Crippen molar-refractivity contribution in [3.05, 3.63) is 120 Å². The SMILES string of the molecule is CC1=NN(c2ccccc2)C(=O)C1N=Nc1ccccc1C(=O)O.CC1=NN(c2ccccc2)C(=O)C1N=Nc1ccccc1C(=O)O.[Cr].[Na+]. The first kappa shape index (κ1) is 39.3. The van der Waals surface area contributed by atoms with Crippen molar-refractivity contribution >= 4 is 57.9 Å². The van der Waals surface area contributed by atoms with E-state index in [1.165, 1.54) is 34.3 Å². The van der Waals surface area contributed by atoms with Crippen LogP contribution in [-0.2, 0) is 27.0 Å². The van der Waals surface area contributed by atoms with Crippen LogP contribution in [0, 0.1) is 0 Å². The molecule has 0 aromatic heterocycles. The number of anilines is 2. The largest absolute Gasteiger partial charge is 1.00 e. The standard InChI is InChI=1S/2C17H14N4O3.Cr.Na/c2*1-11-15(16(22)21(20-11)12-7-3-2-4-8-12)19-18-14-10-6-5-9-13(14)17(23)24;;/h2*2-10,15H,1H3,(H,23,24);;/q;;;+1. The van der Waals surface area contributed by atoms with Crippen molar-refractivity contribution in [1.29, 1.82) is 0 Å². The van der Waals surface area contributed by atoms with E-state index >= 15 is 0 Å². The first-order valence-electron chi connectivity index (χ1n) is 14.5. The number of azo groups is 2. The van der Waals surface area contributed by atoms with Gasteiger partial charge in [-0.3, -0.25) is 9.59 Å². The van der Waals surface area contributed by atoms with Crippen LogP contribution >= 0.6 is 0 Å². The number of carboxylic acids is 2. The predicted molar refractivity (Wildman–Crippen MR) is 177 cm³/mol. The summed E-state index contributed by atoms with van der Waals surface area (Å²) in [7, 11) is 0. The number of para-hydroxylation sites is 2. The minimum Gasteiger partial charge on any atom is -0.478 e. The van der Waals surface area contributed by atoms with Gasteiger partial charge in [0.2, 0.25) is 0 Å². The number of carboxylic acid groups (broad SMARTS) is 2. The molecular formula is C34H28CrN8NaO6+. The first-order chi connectivity index (χ1) is 23.2. The summed E-state index contributed by atoms with van der Waals surface area (Å²) < 4.78 is 0. The Balaban J connectivity index is 0.000000260. The molecule has 16 heteroatoms. The Kier molecular flexibility index (Phi) is 14.1. The normalized spacial score (nSPS) is 16.7. The number of nitrogens with zero attached hydrogens (tertiary/aromatic N) is 8. The van der Waals surface area contributed by atoms with Gasteiger partial charge >= 0.3 is 41.5 Å². The molecule has 2 N–H and O–H groups in total. The number of carbonyl (C=O) groups is 4. The molecule has 2 aliphatic rings. The molecule has 2 amide bonds. The van der Waals surface area contributed by atoms with Gasteiger partial charge < -0.3 is 10.2 Å². The topological polar surface area (TPSA) is 189 Å². The third kappa shape index (κ3) is 9.08. The number of hydrogen-bond acceptors (Lipinski definition) is 10. The van der Waals surface area contributed by atoms with Crippen LogP contribution in [0.25, 0.3) is 0 Å². The number of aromatic carboxylic acids is 2. The molecule has 4 aromatic carbocycles. The van der Waals surface area contributed by atoms with Crippen LogP contribution in [0.5, 0.6) is 0 Å². The molecule has 2 heterocycles. The van der Waals surface area contributed by atoms with E-state index in [-0.39, 0.29) is 81.2 Å². The van der Waals surface area contributed by atoms with Gasteiger partial charge in [-0.15, -0.1) is 0 Å². The smallest absolute Gasteiger partial charge is 0.478 e. The fourth-order valence-electron chi connectivity index (χ4n) is 4.61. The molecule has 0 aliphatic carbocycles. The van der Waals surface area contributed by atoms with Crippen molar-refractivity contribution in [2.24, 2.45) is 30.7 Å². The summed E-state index contributed by atoms with van der Waals surface area (Å²) in [5, 5.41) is 45.2. The fourth-order valence-corrected chi connectivity index (χ4v) is 4.61. The Bertz CT molecular complexity index is 1850. The number of hydrazone groups is 2. The maximum Gasteiger partial charge on any atom is 1.00 e. The van der Waals surface area contributed by atoms with Gasteiger partial charge in [0.15, 0.2) is 12.1 Å². The van der Waals surface area contributed by atoms with Gasteiger partial charge in [-0.05, 0) is 62.4 Å². The zero-order chi connectivity index (χ0) is 34.2. The zero-order valence-corrected chi connectivity index (χ0v) is 30.3. The molecule has 50 heavy (non-hydrogen) atoms. The van der Waals surface area contributed by atoms with Crippen molar-refractivity contribution in [1.82, 2.24) is 0 Å². The fraction of sp³-hybridized carbons (Fsp3) is 0.118. The van der Waals surface area contributed by atoms with Gasteiger partial charge in [-0.25, -0.2) is 9.59 Å². The molecule has 0 fully saturated rings. The van der Waals surface area contributed by atoms with Gasteiger partial charge in [-0.1, -0.05) is 60.7 Å². The van der Waals surface area contributed by atoms with E-state index in [1.807, 2.05) is 36.4 Å². The first-order valence-corrected chi connectivity index (χ1v) is 14.5. The Morgan fingerprint density at radius 1 is 0.580 bits per heavy atom. The summed E-state index contributed by atoms with van der Waals surface area (Å²) in [5.41, 5.74) is 2.74. The number of carbonyl (C=O) groups excluding carboxylic acids is 2. The van der Waals surface area contributed by atoms with Crippen LogP contribution < -0.4 is 39.6 Å². The van der Waals surface area contributed by atoms with Crippen molar-refractivity contribution in [3.63, 3.8) is 0 Å². The summed E-state index contributed by atoms with van der Waals surface area (Å²) in [5.74, 6) is -2.84. The van der Waals surface area contributed by atoms with E-state index in [1.54, 1.807) is 62.4 Å². The van der Waals surface area contributed by atoms with Gasteiger partial charge in [-0.2, -0.15) is 40.7 Å². The van der Waals surface area contributed by atoms with Crippen LogP contribution in [0.4, 0.5) is 22.7 Å². The summed E-state index contributed by atoms with van der Waals surface area (Å²) in [6.45, 7) is 3.38. The Hall–Kier alpha value is -5.17. The summed E-state index contributed by atoms with van der Waals surface area (Å²) in [6.07, 6.45) is 0. The zero-order valence-electron chi connectivity index (χ0n) is 27.1. The van der Waals surface area contributed by atoms with Gasteiger partial charge in [0.25, 0.3) is 11.8 Å². The summed E-state index contributed by atoms with van der Waals surface area (Å²) in [6, 6.07) is 28.8. The second kappa shape index (κ2) is 18.0. The number of rotatable bonds is 8. The van der Waals surface area contributed by atoms with Crippen molar-refractivity contribution in [3.8, 4) is 0 Å². The average molecular weight is 720 g/mol. The Morgan fingerprint density at radius 2 is 0.900 bits per heavy atom. The molecule has 2 unspecified atom stereocenters. The molecule has 14 nitrogen and oxygen atoms in total. The molecule has 2 atom stereocenters. The summed E-state index contributed by atoms with van der Waals surface area (Å²) in [4.78, 5) is 47.4. The van der Waals surface area contributed by atoms with E-state index in [0.717, 1.165) is 0 Å². The van der Waals surface area contributed by atoms with Crippen molar-refractivity contribution in [2.45, 2.75) is 25.9 Å². The van der Waals surface area contributed by atoms with Crippen LogP contribution in [0.2, 0.25) is 0 Å². The third-order valence-corrected chi connectivity index (χ3v) is 7.02. The van der Waals surface area contributed by atoms with E-state index in [9.17, 15) is 19.2 Å². The van der Waals surface area contributed by atoms with Crippen molar-refractivity contribution < 1.29 is 76.3 Å². The van der Waals surface area contributed by atoms with E-state index < -0.39 is 24.0 Å². The Labute approximate surface area is 319 Å². The van der Waals surface area contributed by atoms with Gasteiger partial charge in [0.05, 0.1) is 45.3 Å². The monoisotopic (exact) mass is 719 g/mol. The molecule has 0 spiro atoms. The second-order valence-corrected chi connectivity index (χ2v) is 10.3. The second-order valence-electron chi connectivity index (χ2n) is 10.3. The van der Waals surface area contributed by atoms with E-state index in [2.05, 4.69) is 30.7 Å². The third-order valence-electron chi connectivity index (χ3n) is 7.02. The maximum absolute atomic E-state index is 12.5.